The Labute approximate surface area is 139 Å². The number of aryl methyl sites for hydroxylation is 1. The first-order valence-corrected chi connectivity index (χ1v) is 8.48. The smallest absolute Gasteiger partial charge is 0.317 e. The summed E-state index contributed by atoms with van der Waals surface area (Å²) in [5, 5.41) is 2.99. The van der Waals surface area contributed by atoms with Crippen LogP contribution in [0.1, 0.15) is 31.7 Å². The van der Waals surface area contributed by atoms with Gasteiger partial charge in [0.15, 0.2) is 0 Å². The van der Waals surface area contributed by atoms with Crippen molar-refractivity contribution in [2.24, 2.45) is 0 Å². The number of nitrogens with zero attached hydrogens (tertiary/aromatic N) is 1. The first-order valence-electron chi connectivity index (χ1n) is 8.48. The molecule has 0 radical (unpaired) electrons. The number of nitrogens with one attached hydrogen (secondary N) is 1. The molecule has 1 fully saturated rings. The summed E-state index contributed by atoms with van der Waals surface area (Å²) < 4.78 is 11.1. The van der Waals surface area contributed by atoms with E-state index in [1.165, 1.54) is 5.56 Å². The average molecular weight is 320 g/mol. The zero-order valence-corrected chi connectivity index (χ0v) is 14.2. The van der Waals surface area contributed by atoms with Gasteiger partial charge in [0.2, 0.25) is 0 Å². The van der Waals surface area contributed by atoms with Crippen LogP contribution in [-0.4, -0.2) is 49.9 Å². The SMILES string of the molecule is Cc1ccc(OCCCCNC(=O)N2CCOCC[C@H]2C)cc1. The molecule has 0 aromatic heterocycles. The minimum Gasteiger partial charge on any atom is -0.494 e. The first-order chi connectivity index (χ1) is 11.2. The predicted molar refractivity (Wildman–Crippen MR) is 90.9 cm³/mol. The van der Waals surface area contributed by atoms with Gasteiger partial charge in [0, 0.05) is 25.7 Å². The normalized spacial score (nSPS) is 18.3. The van der Waals surface area contributed by atoms with Crippen LogP contribution in [0, 0.1) is 6.92 Å². The van der Waals surface area contributed by atoms with Crippen molar-refractivity contribution in [2.45, 2.75) is 39.2 Å². The fourth-order valence-corrected chi connectivity index (χ4v) is 2.55. The van der Waals surface area contributed by atoms with E-state index in [1.54, 1.807) is 0 Å². The molecule has 2 rings (SSSR count). The van der Waals surface area contributed by atoms with Gasteiger partial charge < -0.3 is 19.7 Å². The monoisotopic (exact) mass is 320 g/mol. The summed E-state index contributed by atoms with van der Waals surface area (Å²) in [6.45, 7) is 7.52. The molecule has 0 unspecified atom stereocenters. The van der Waals surface area contributed by atoms with Crippen molar-refractivity contribution >= 4 is 6.03 Å². The Balaban J connectivity index is 1.57. The van der Waals surface area contributed by atoms with Crippen molar-refractivity contribution in [3.05, 3.63) is 29.8 Å². The third-order valence-electron chi connectivity index (χ3n) is 4.09. The Hall–Kier alpha value is -1.75. The molecule has 0 bridgehead atoms. The number of rotatable bonds is 6. The van der Waals surface area contributed by atoms with Gasteiger partial charge in [-0.05, 0) is 45.2 Å². The summed E-state index contributed by atoms with van der Waals surface area (Å²) in [5.41, 5.74) is 1.23. The summed E-state index contributed by atoms with van der Waals surface area (Å²) in [6, 6.07) is 8.31. The number of unbranched alkanes of at least 4 members (excludes halogenated alkanes) is 1. The Morgan fingerprint density at radius 2 is 2.09 bits per heavy atom. The molecule has 0 aliphatic carbocycles. The molecule has 1 N–H and O–H groups in total. The van der Waals surface area contributed by atoms with Crippen molar-refractivity contribution in [3.8, 4) is 5.75 Å². The maximum atomic E-state index is 12.2. The molecule has 128 valence electrons. The number of carbonyl (C=O) groups is 1. The van der Waals surface area contributed by atoms with Gasteiger partial charge in [-0.2, -0.15) is 0 Å². The van der Waals surface area contributed by atoms with Gasteiger partial charge in [-0.15, -0.1) is 0 Å². The molecule has 1 aliphatic rings. The summed E-state index contributed by atoms with van der Waals surface area (Å²) >= 11 is 0. The molecule has 0 saturated carbocycles. The summed E-state index contributed by atoms with van der Waals surface area (Å²) in [6.07, 6.45) is 2.74. The third kappa shape index (κ3) is 6.10. The molecule has 2 amide bonds. The molecule has 1 aromatic rings. The number of hydrogen-bond acceptors (Lipinski definition) is 3. The van der Waals surface area contributed by atoms with E-state index in [0.29, 0.717) is 26.3 Å². The number of carbonyl (C=O) groups excluding carboxylic acids is 1. The molecule has 1 aromatic carbocycles. The second kappa shape index (κ2) is 9.40. The largest absolute Gasteiger partial charge is 0.494 e. The zero-order valence-electron chi connectivity index (χ0n) is 14.2. The van der Waals surface area contributed by atoms with Crippen LogP contribution in [0.25, 0.3) is 0 Å². The van der Waals surface area contributed by atoms with Crippen LogP contribution in [0.2, 0.25) is 0 Å². The van der Waals surface area contributed by atoms with Crippen LogP contribution in [-0.2, 0) is 4.74 Å². The number of hydrogen-bond donors (Lipinski definition) is 1. The lowest BCUT2D eigenvalue weighted by atomic mass is 10.2. The van der Waals surface area contributed by atoms with Gasteiger partial charge in [0.05, 0.1) is 13.2 Å². The van der Waals surface area contributed by atoms with E-state index in [1.807, 2.05) is 29.2 Å². The molecular formula is C18H28N2O3. The third-order valence-corrected chi connectivity index (χ3v) is 4.09. The molecule has 1 aliphatic heterocycles. The standard InChI is InChI=1S/C18H28N2O3/c1-15-5-7-17(8-6-15)23-12-4-3-10-19-18(21)20-11-14-22-13-9-16(20)2/h5-8,16H,3-4,9-14H2,1-2H3,(H,19,21)/t16-/m1/s1. The van der Waals surface area contributed by atoms with E-state index >= 15 is 0 Å². The van der Waals surface area contributed by atoms with E-state index < -0.39 is 0 Å². The van der Waals surface area contributed by atoms with Gasteiger partial charge in [0.25, 0.3) is 0 Å². The Morgan fingerprint density at radius 1 is 1.30 bits per heavy atom. The second-order valence-corrected chi connectivity index (χ2v) is 6.04. The number of amides is 2. The van der Waals surface area contributed by atoms with Crippen LogP contribution >= 0.6 is 0 Å². The molecule has 5 nitrogen and oxygen atoms in total. The van der Waals surface area contributed by atoms with Gasteiger partial charge in [-0.1, -0.05) is 17.7 Å². The summed E-state index contributed by atoms with van der Waals surface area (Å²) in [4.78, 5) is 14.0. The highest BCUT2D eigenvalue weighted by atomic mass is 16.5. The summed E-state index contributed by atoms with van der Waals surface area (Å²) in [7, 11) is 0. The molecule has 23 heavy (non-hydrogen) atoms. The second-order valence-electron chi connectivity index (χ2n) is 6.04. The fourth-order valence-electron chi connectivity index (χ4n) is 2.55. The Bertz CT molecular complexity index is 476. The molecule has 0 spiro atoms. The fraction of sp³-hybridized carbons (Fsp3) is 0.611. The molecule has 1 atom stereocenters. The van der Waals surface area contributed by atoms with Gasteiger partial charge >= 0.3 is 6.03 Å². The van der Waals surface area contributed by atoms with Crippen molar-refractivity contribution in [1.82, 2.24) is 10.2 Å². The van der Waals surface area contributed by atoms with Crippen molar-refractivity contribution < 1.29 is 14.3 Å². The van der Waals surface area contributed by atoms with Gasteiger partial charge in [-0.3, -0.25) is 0 Å². The topological polar surface area (TPSA) is 50.8 Å². The number of urea groups is 1. The number of ether oxygens (including phenoxy) is 2. The number of benzene rings is 1. The van der Waals surface area contributed by atoms with Crippen LogP contribution in [0.5, 0.6) is 5.75 Å². The minimum atomic E-state index is 0.0162. The van der Waals surface area contributed by atoms with E-state index in [2.05, 4.69) is 19.2 Å². The minimum absolute atomic E-state index is 0.0162. The van der Waals surface area contributed by atoms with Gasteiger partial charge in [0.1, 0.15) is 5.75 Å². The maximum Gasteiger partial charge on any atom is 0.317 e. The average Bonchev–Trinajstić information content (AvgIpc) is 2.77. The van der Waals surface area contributed by atoms with E-state index in [9.17, 15) is 4.79 Å². The Kier molecular flexibility index (Phi) is 7.20. The van der Waals surface area contributed by atoms with Crippen LogP contribution in [0.4, 0.5) is 4.79 Å². The van der Waals surface area contributed by atoms with E-state index in [-0.39, 0.29) is 12.1 Å². The van der Waals surface area contributed by atoms with Crippen molar-refractivity contribution in [2.75, 3.05) is 32.9 Å². The molecule has 1 saturated heterocycles. The van der Waals surface area contributed by atoms with E-state index in [4.69, 9.17) is 9.47 Å². The highest BCUT2D eigenvalue weighted by molar-refractivity contribution is 5.74. The lowest BCUT2D eigenvalue weighted by Gasteiger charge is -2.26. The maximum absolute atomic E-state index is 12.2. The summed E-state index contributed by atoms with van der Waals surface area (Å²) in [5.74, 6) is 0.901. The first kappa shape index (κ1) is 17.6. The van der Waals surface area contributed by atoms with Crippen molar-refractivity contribution in [3.63, 3.8) is 0 Å². The quantitative estimate of drug-likeness (QED) is 0.820. The van der Waals surface area contributed by atoms with Crippen LogP contribution in [0.3, 0.4) is 0 Å². The van der Waals surface area contributed by atoms with Crippen LogP contribution in [0.15, 0.2) is 24.3 Å². The predicted octanol–water partition coefficient (Wildman–Crippen LogP) is 2.97. The lowest BCUT2D eigenvalue weighted by molar-refractivity contribution is 0.142. The highest BCUT2D eigenvalue weighted by Gasteiger charge is 2.21. The van der Waals surface area contributed by atoms with E-state index in [0.717, 1.165) is 31.6 Å². The van der Waals surface area contributed by atoms with Gasteiger partial charge in [-0.25, -0.2) is 4.79 Å². The van der Waals surface area contributed by atoms with Crippen LogP contribution < -0.4 is 10.1 Å². The molecular weight excluding hydrogens is 292 g/mol. The molecule has 5 heteroatoms. The zero-order chi connectivity index (χ0) is 16.5. The lowest BCUT2D eigenvalue weighted by Crippen LogP contribution is -2.45. The highest BCUT2D eigenvalue weighted by Crippen LogP contribution is 2.12. The Morgan fingerprint density at radius 3 is 2.87 bits per heavy atom. The molecule has 1 heterocycles. The van der Waals surface area contributed by atoms with Crippen molar-refractivity contribution in [1.29, 1.82) is 0 Å².